The van der Waals surface area contributed by atoms with Crippen molar-refractivity contribution in [1.82, 2.24) is 4.90 Å². The lowest BCUT2D eigenvalue weighted by Gasteiger charge is -2.14. The Kier molecular flexibility index (Phi) is 7.92. The first-order valence-electron chi connectivity index (χ1n) is 9.87. The van der Waals surface area contributed by atoms with Gasteiger partial charge in [0.2, 0.25) is 0 Å². The first-order chi connectivity index (χ1) is 14.8. The second-order valence-electron chi connectivity index (χ2n) is 7.36. The minimum absolute atomic E-state index is 0.130. The van der Waals surface area contributed by atoms with Gasteiger partial charge in [0.25, 0.3) is 11.1 Å². The standard InChI is InChI=1S/C23H23Cl2NO4S/c1-4-29-20-10-15(6-8-19(20)30-13-14(2)3)11-21-22(27)26(23(28)31-21)12-16-5-7-17(24)18(25)9-16/h5-11,14H,4,12-13H2,1-3H3/b21-11-. The van der Waals surface area contributed by atoms with Crippen molar-refractivity contribution in [3.05, 3.63) is 62.5 Å². The Hall–Kier alpha value is -2.15. The van der Waals surface area contributed by atoms with Crippen molar-refractivity contribution in [3.8, 4) is 11.5 Å². The number of halogens is 2. The van der Waals surface area contributed by atoms with Gasteiger partial charge >= 0.3 is 0 Å². The fourth-order valence-electron chi connectivity index (χ4n) is 2.87. The molecular weight excluding hydrogens is 457 g/mol. The number of hydrogen-bond donors (Lipinski definition) is 0. The highest BCUT2D eigenvalue weighted by atomic mass is 35.5. The van der Waals surface area contributed by atoms with Gasteiger partial charge in [0, 0.05) is 0 Å². The fraction of sp³-hybridized carbons (Fsp3) is 0.304. The molecule has 1 saturated heterocycles. The first-order valence-corrected chi connectivity index (χ1v) is 11.4. The molecule has 0 saturated carbocycles. The molecule has 1 aliphatic rings. The maximum absolute atomic E-state index is 12.8. The van der Waals surface area contributed by atoms with Gasteiger partial charge in [-0.3, -0.25) is 14.5 Å². The number of hydrogen-bond acceptors (Lipinski definition) is 5. The van der Waals surface area contributed by atoms with E-state index in [1.54, 1.807) is 24.3 Å². The van der Waals surface area contributed by atoms with E-state index in [1.165, 1.54) is 4.90 Å². The van der Waals surface area contributed by atoms with Crippen LogP contribution in [0.3, 0.4) is 0 Å². The largest absolute Gasteiger partial charge is 0.490 e. The number of carbonyl (C=O) groups excluding carboxylic acids is 2. The zero-order valence-corrected chi connectivity index (χ0v) is 19.8. The van der Waals surface area contributed by atoms with Crippen LogP contribution in [0, 0.1) is 5.92 Å². The summed E-state index contributed by atoms with van der Waals surface area (Å²) in [5.74, 6) is 1.29. The van der Waals surface area contributed by atoms with Crippen molar-refractivity contribution in [2.75, 3.05) is 13.2 Å². The monoisotopic (exact) mass is 479 g/mol. The molecule has 3 rings (SSSR count). The quantitative estimate of drug-likeness (QED) is 0.396. The molecule has 1 fully saturated rings. The fourth-order valence-corrected chi connectivity index (χ4v) is 4.03. The van der Waals surface area contributed by atoms with E-state index >= 15 is 0 Å². The molecule has 2 aromatic rings. The zero-order chi connectivity index (χ0) is 22.5. The normalized spacial score (nSPS) is 15.3. The first kappa shape index (κ1) is 23.5. The van der Waals surface area contributed by atoms with Crippen LogP contribution in [0.15, 0.2) is 41.3 Å². The van der Waals surface area contributed by atoms with Crippen LogP contribution < -0.4 is 9.47 Å². The van der Waals surface area contributed by atoms with Crippen LogP contribution in [-0.4, -0.2) is 29.3 Å². The maximum Gasteiger partial charge on any atom is 0.293 e. The smallest absolute Gasteiger partial charge is 0.293 e. The molecule has 164 valence electrons. The summed E-state index contributed by atoms with van der Waals surface area (Å²) in [6.45, 7) is 7.23. The topological polar surface area (TPSA) is 55.8 Å². The van der Waals surface area contributed by atoms with Crippen molar-refractivity contribution in [2.45, 2.75) is 27.3 Å². The van der Waals surface area contributed by atoms with Crippen LogP contribution in [0.25, 0.3) is 6.08 Å². The minimum atomic E-state index is -0.348. The van der Waals surface area contributed by atoms with Crippen LogP contribution in [0.5, 0.6) is 11.5 Å². The predicted octanol–water partition coefficient (Wildman–Crippen LogP) is 6.66. The molecule has 0 atom stereocenters. The predicted molar refractivity (Wildman–Crippen MR) is 126 cm³/mol. The SMILES string of the molecule is CCOc1cc(/C=C2\SC(=O)N(Cc3ccc(Cl)c(Cl)c3)C2=O)ccc1OCC(C)C. The van der Waals surface area contributed by atoms with E-state index in [0.29, 0.717) is 45.6 Å². The molecular formula is C23H23Cl2NO4S. The molecule has 2 aromatic carbocycles. The molecule has 8 heteroatoms. The molecule has 31 heavy (non-hydrogen) atoms. The summed E-state index contributed by atoms with van der Waals surface area (Å²) in [5.41, 5.74) is 1.48. The van der Waals surface area contributed by atoms with E-state index in [4.69, 9.17) is 32.7 Å². The third-order valence-electron chi connectivity index (χ3n) is 4.34. The number of carbonyl (C=O) groups is 2. The zero-order valence-electron chi connectivity index (χ0n) is 17.5. The number of ether oxygens (including phenoxy) is 2. The van der Waals surface area contributed by atoms with E-state index in [1.807, 2.05) is 25.1 Å². The van der Waals surface area contributed by atoms with E-state index in [9.17, 15) is 9.59 Å². The Morgan fingerprint density at radius 2 is 1.81 bits per heavy atom. The highest BCUT2D eigenvalue weighted by molar-refractivity contribution is 8.18. The van der Waals surface area contributed by atoms with E-state index < -0.39 is 0 Å². The van der Waals surface area contributed by atoms with Gasteiger partial charge in [0.05, 0.1) is 34.7 Å². The Labute approximate surface area is 196 Å². The van der Waals surface area contributed by atoms with Crippen molar-refractivity contribution in [3.63, 3.8) is 0 Å². The molecule has 1 aliphatic heterocycles. The summed E-state index contributed by atoms with van der Waals surface area (Å²) in [4.78, 5) is 26.8. The second-order valence-corrected chi connectivity index (χ2v) is 9.17. The van der Waals surface area contributed by atoms with Crippen LogP contribution in [0.1, 0.15) is 31.9 Å². The van der Waals surface area contributed by atoms with Gasteiger partial charge in [-0.1, -0.05) is 49.2 Å². The summed E-state index contributed by atoms with van der Waals surface area (Å²) in [7, 11) is 0. The number of imide groups is 1. The number of amides is 2. The third kappa shape index (κ3) is 5.97. The van der Waals surface area contributed by atoms with Gasteiger partial charge in [-0.25, -0.2) is 0 Å². The van der Waals surface area contributed by atoms with Crippen molar-refractivity contribution in [1.29, 1.82) is 0 Å². The van der Waals surface area contributed by atoms with Crippen LogP contribution in [0.4, 0.5) is 4.79 Å². The molecule has 0 aliphatic carbocycles. The van der Waals surface area contributed by atoms with Crippen molar-refractivity contribution >= 4 is 52.2 Å². The van der Waals surface area contributed by atoms with E-state index in [-0.39, 0.29) is 17.7 Å². The highest BCUT2D eigenvalue weighted by Crippen LogP contribution is 2.36. The lowest BCUT2D eigenvalue weighted by Crippen LogP contribution is -2.27. The Morgan fingerprint density at radius 1 is 1.03 bits per heavy atom. The molecule has 1 heterocycles. The minimum Gasteiger partial charge on any atom is -0.490 e. The Balaban J connectivity index is 1.79. The number of benzene rings is 2. The van der Waals surface area contributed by atoms with Crippen molar-refractivity contribution in [2.24, 2.45) is 5.92 Å². The second kappa shape index (κ2) is 10.4. The maximum atomic E-state index is 12.8. The Bertz CT molecular complexity index is 1020. The number of rotatable bonds is 8. The molecule has 0 unspecified atom stereocenters. The summed E-state index contributed by atoms with van der Waals surface area (Å²) >= 11 is 12.9. The Morgan fingerprint density at radius 3 is 2.48 bits per heavy atom. The average molecular weight is 480 g/mol. The van der Waals surface area contributed by atoms with Gasteiger partial charge in [0.1, 0.15) is 0 Å². The van der Waals surface area contributed by atoms with Gasteiger partial charge in [-0.2, -0.15) is 0 Å². The van der Waals surface area contributed by atoms with Gasteiger partial charge in [-0.15, -0.1) is 0 Å². The third-order valence-corrected chi connectivity index (χ3v) is 5.98. The van der Waals surface area contributed by atoms with Crippen LogP contribution >= 0.6 is 35.0 Å². The van der Waals surface area contributed by atoms with Gasteiger partial charge in [-0.05, 0) is 66.1 Å². The summed E-state index contributed by atoms with van der Waals surface area (Å²) in [6.07, 6.45) is 1.69. The summed E-state index contributed by atoms with van der Waals surface area (Å²) in [5, 5.41) is 0.472. The van der Waals surface area contributed by atoms with Crippen LogP contribution in [0.2, 0.25) is 10.0 Å². The average Bonchev–Trinajstić information content (AvgIpc) is 2.97. The number of nitrogens with zero attached hydrogens (tertiary/aromatic N) is 1. The molecule has 0 N–H and O–H groups in total. The molecule has 2 amide bonds. The molecule has 0 aromatic heterocycles. The van der Waals surface area contributed by atoms with Gasteiger partial charge < -0.3 is 9.47 Å². The van der Waals surface area contributed by atoms with Crippen LogP contribution in [-0.2, 0) is 11.3 Å². The summed E-state index contributed by atoms with van der Waals surface area (Å²) in [6, 6.07) is 10.5. The molecule has 0 radical (unpaired) electrons. The highest BCUT2D eigenvalue weighted by Gasteiger charge is 2.35. The molecule has 0 bridgehead atoms. The van der Waals surface area contributed by atoms with E-state index in [0.717, 1.165) is 22.9 Å². The van der Waals surface area contributed by atoms with E-state index in [2.05, 4.69) is 13.8 Å². The van der Waals surface area contributed by atoms with Gasteiger partial charge in [0.15, 0.2) is 11.5 Å². The molecule has 5 nitrogen and oxygen atoms in total. The lowest BCUT2D eigenvalue weighted by atomic mass is 10.1. The number of thioether (sulfide) groups is 1. The van der Waals surface area contributed by atoms with Crippen molar-refractivity contribution < 1.29 is 19.1 Å². The molecule has 0 spiro atoms. The lowest BCUT2D eigenvalue weighted by molar-refractivity contribution is -0.123. The summed E-state index contributed by atoms with van der Waals surface area (Å²) < 4.78 is 11.5.